The van der Waals surface area contributed by atoms with E-state index in [1.54, 1.807) is 12.1 Å². The summed E-state index contributed by atoms with van der Waals surface area (Å²) in [7, 11) is 0. The Hall–Kier alpha value is -3.01. The number of phenolic OH excluding ortho intramolecular Hbond substituents is 1. The van der Waals surface area contributed by atoms with Crippen LogP contribution in [0.1, 0.15) is 55.2 Å². The smallest absolute Gasteiger partial charge is 0.507 e. The van der Waals surface area contributed by atoms with Crippen molar-refractivity contribution in [2.45, 2.75) is 44.9 Å². The standard InChI is InChI=1S/C25H24O4/c1-3-15-8-7-11-18-20(15)24(29-25(27)28-17-9-5-4-6-10-17)21-16-12-14(2)19(13-16)22(21)23(18)26/h4-11,14,16,19,26H,3,12-13H2,1-2H3. The zero-order valence-corrected chi connectivity index (χ0v) is 16.6. The Kier molecular flexibility index (Phi) is 4.23. The van der Waals surface area contributed by atoms with E-state index in [4.69, 9.17) is 9.47 Å². The summed E-state index contributed by atoms with van der Waals surface area (Å²) in [5, 5.41) is 12.7. The monoisotopic (exact) mass is 388 g/mol. The molecule has 0 aromatic heterocycles. The van der Waals surface area contributed by atoms with Crippen LogP contribution in [0.5, 0.6) is 17.2 Å². The van der Waals surface area contributed by atoms with Gasteiger partial charge in [0.05, 0.1) is 0 Å². The predicted molar refractivity (Wildman–Crippen MR) is 112 cm³/mol. The van der Waals surface area contributed by atoms with Crippen molar-refractivity contribution in [2.24, 2.45) is 5.92 Å². The number of hydrogen-bond acceptors (Lipinski definition) is 4. The van der Waals surface area contributed by atoms with Gasteiger partial charge in [0.1, 0.15) is 17.2 Å². The number of rotatable bonds is 3. The zero-order chi connectivity index (χ0) is 20.1. The van der Waals surface area contributed by atoms with Crippen LogP contribution >= 0.6 is 0 Å². The van der Waals surface area contributed by atoms with E-state index in [0.717, 1.165) is 46.7 Å². The first kappa shape index (κ1) is 18.0. The molecular weight excluding hydrogens is 364 g/mol. The van der Waals surface area contributed by atoms with Gasteiger partial charge in [0.2, 0.25) is 0 Å². The molecule has 3 atom stereocenters. The lowest BCUT2D eigenvalue weighted by Crippen LogP contribution is -2.17. The van der Waals surface area contributed by atoms with E-state index in [1.165, 1.54) is 0 Å². The third kappa shape index (κ3) is 2.78. The molecule has 0 heterocycles. The first-order valence-electron chi connectivity index (χ1n) is 10.3. The van der Waals surface area contributed by atoms with Crippen molar-refractivity contribution < 1.29 is 19.4 Å². The summed E-state index contributed by atoms with van der Waals surface area (Å²) in [6, 6.07) is 14.8. The van der Waals surface area contributed by atoms with Gasteiger partial charge < -0.3 is 14.6 Å². The van der Waals surface area contributed by atoms with E-state index in [2.05, 4.69) is 13.8 Å². The van der Waals surface area contributed by atoms with E-state index in [9.17, 15) is 9.90 Å². The Morgan fingerprint density at radius 1 is 1.03 bits per heavy atom. The van der Waals surface area contributed by atoms with Crippen molar-refractivity contribution in [3.8, 4) is 17.2 Å². The Morgan fingerprint density at radius 2 is 1.83 bits per heavy atom. The van der Waals surface area contributed by atoms with Gasteiger partial charge in [-0.2, -0.15) is 0 Å². The van der Waals surface area contributed by atoms with E-state index in [0.29, 0.717) is 35.0 Å². The van der Waals surface area contributed by atoms with E-state index < -0.39 is 6.16 Å². The molecule has 0 radical (unpaired) electrons. The molecule has 1 fully saturated rings. The molecule has 3 aromatic carbocycles. The van der Waals surface area contributed by atoms with Gasteiger partial charge >= 0.3 is 6.16 Å². The van der Waals surface area contributed by atoms with Crippen LogP contribution in [0, 0.1) is 5.92 Å². The summed E-state index contributed by atoms with van der Waals surface area (Å²) in [4.78, 5) is 12.7. The lowest BCUT2D eigenvalue weighted by molar-refractivity contribution is 0.152. The third-order valence-corrected chi connectivity index (χ3v) is 6.59. The highest BCUT2D eigenvalue weighted by molar-refractivity contribution is 6.00. The molecule has 1 N–H and O–H groups in total. The molecule has 2 aliphatic rings. The normalized spacial score (nSPS) is 21.9. The number of hydrogen-bond donors (Lipinski definition) is 1. The molecule has 1 saturated carbocycles. The Labute approximate surface area is 170 Å². The number of carbonyl (C=O) groups is 1. The fourth-order valence-corrected chi connectivity index (χ4v) is 5.35. The molecule has 0 saturated heterocycles. The van der Waals surface area contributed by atoms with E-state index in [1.807, 2.05) is 36.4 Å². The Bertz CT molecular complexity index is 1100. The molecular formula is C25H24O4. The van der Waals surface area contributed by atoms with Crippen LogP contribution in [-0.2, 0) is 6.42 Å². The third-order valence-electron chi connectivity index (χ3n) is 6.59. The summed E-state index contributed by atoms with van der Waals surface area (Å²) in [6.07, 6.45) is 2.10. The van der Waals surface area contributed by atoms with Crippen molar-refractivity contribution in [3.05, 3.63) is 65.2 Å². The molecule has 2 bridgehead atoms. The fourth-order valence-electron chi connectivity index (χ4n) is 5.35. The summed E-state index contributed by atoms with van der Waals surface area (Å²) in [5.74, 6) is 2.53. The number of carbonyl (C=O) groups excluding carboxylic acids is 1. The van der Waals surface area contributed by atoms with Gasteiger partial charge in [-0.25, -0.2) is 4.79 Å². The van der Waals surface area contributed by atoms with Crippen LogP contribution in [-0.4, -0.2) is 11.3 Å². The first-order valence-corrected chi connectivity index (χ1v) is 10.3. The lowest BCUT2D eigenvalue weighted by Gasteiger charge is -2.26. The van der Waals surface area contributed by atoms with Gasteiger partial charge in [0, 0.05) is 21.9 Å². The maximum Gasteiger partial charge on any atom is 0.519 e. The second kappa shape index (κ2) is 6.80. The van der Waals surface area contributed by atoms with Crippen LogP contribution in [0.25, 0.3) is 10.8 Å². The maximum atomic E-state index is 12.7. The molecule has 29 heavy (non-hydrogen) atoms. The zero-order valence-electron chi connectivity index (χ0n) is 16.6. The second-order valence-corrected chi connectivity index (χ2v) is 8.22. The predicted octanol–water partition coefficient (Wildman–Crippen LogP) is 6.30. The van der Waals surface area contributed by atoms with Crippen molar-refractivity contribution in [1.82, 2.24) is 0 Å². The summed E-state index contributed by atoms with van der Waals surface area (Å²) in [6.45, 7) is 4.31. The Morgan fingerprint density at radius 3 is 2.59 bits per heavy atom. The quantitative estimate of drug-likeness (QED) is 0.423. The number of aromatic hydroxyl groups is 1. The second-order valence-electron chi connectivity index (χ2n) is 8.22. The highest BCUT2D eigenvalue weighted by Gasteiger charge is 2.46. The summed E-state index contributed by atoms with van der Waals surface area (Å²) < 4.78 is 11.3. The molecule has 0 spiro atoms. The molecule has 0 amide bonds. The SMILES string of the molecule is CCc1cccc2c(O)c3c(c(OC(=O)Oc4ccccc4)c12)C1CC(C)C3C1. The number of para-hydroxylation sites is 1. The average Bonchev–Trinajstić information content (AvgIpc) is 3.29. The molecule has 3 aromatic rings. The van der Waals surface area contributed by atoms with Gasteiger partial charge in [-0.1, -0.05) is 50.2 Å². The van der Waals surface area contributed by atoms with Crippen molar-refractivity contribution >= 4 is 16.9 Å². The Balaban J connectivity index is 1.67. The van der Waals surface area contributed by atoms with Crippen molar-refractivity contribution in [3.63, 3.8) is 0 Å². The van der Waals surface area contributed by atoms with E-state index in [-0.39, 0.29) is 0 Å². The van der Waals surface area contributed by atoms with Crippen molar-refractivity contribution in [2.75, 3.05) is 0 Å². The minimum absolute atomic E-state index is 0.310. The van der Waals surface area contributed by atoms with Crippen molar-refractivity contribution in [1.29, 1.82) is 0 Å². The number of aryl methyl sites for hydroxylation is 1. The maximum absolute atomic E-state index is 12.7. The van der Waals surface area contributed by atoms with Crippen LogP contribution in [0.3, 0.4) is 0 Å². The molecule has 4 nitrogen and oxygen atoms in total. The first-order chi connectivity index (χ1) is 14.1. The summed E-state index contributed by atoms with van der Waals surface area (Å²) >= 11 is 0. The number of phenols is 1. The van der Waals surface area contributed by atoms with Crippen LogP contribution in [0.2, 0.25) is 0 Å². The minimum Gasteiger partial charge on any atom is -0.507 e. The molecule has 2 aliphatic carbocycles. The summed E-state index contributed by atoms with van der Waals surface area (Å²) in [5.41, 5.74) is 3.03. The minimum atomic E-state index is -0.743. The number of fused-ring (bicyclic) bond motifs is 6. The largest absolute Gasteiger partial charge is 0.519 e. The highest BCUT2D eigenvalue weighted by atomic mass is 16.7. The topological polar surface area (TPSA) is 55.8 Å². The van der Waals surface area contributed by atoms with Gasteiger partial charge in [-0.15, -0.1) is 0 Å². The van der Waals surface area contributed by atoms with Gasteiger partial charge in [0.25, 0.3) is 0 Å². The van der Waals surface area contributed by atoms with Crippen LogP contribution < -0.4 is 9.47 Å². The van der Waals surface area contributed by atoms with Gasteiger partial charge in [-0.05, 0) is 54.7 Å². The number of benzene rings is 3. The fraction of sp³-hybridized carbons (Fsp3) is 0.320. The van der Waals surface area contributed by atoms with Crippen LogP contribution in [0.4, 0.5) is 4.79 Å². The van der Waals surface area contributed by atoms with Gasteiger partial charge in [-0.3, -0.25) is 0 Å². The molecule has 4 heteroatoms. The molecule has 148 valence electrons. The number of ether oxygens (including phenoxy) is 2. The van der Waals surface area contributed by atoms with Crippen LogP contribution in [0.15, 0.2) is 48.5 Å². The van der Waals surface area contributed by atoms with E-state index >= 15 is 0 Å². The lowest BCUT2D eigenvalue weighted by atomic mass is 9.81. The molecule has 0 aliphatic heterocycles. The van der Waals surface area contributed by atoms with Gasteiger partial charge in [0.15, 0.2) is 0 Å². The molecule has 5 rings (SSSR count). The molecule has 3 unspecified atom stereocenters. The average molecular weight is 388 g/mol. The highest BCUT2D eigenvalue weighted by Crippen LogP contribution is 2.63.